The molecule has 2 atom stereocenters. The molecule has 10 aromatic rings. The summed E-state index contributed by atoms with van der Waals surface area (Å²) in [4.78, 5) is 12.4. The summed E-state index contributed by atoms with van der Waals surface area (Å²) in [6, 6.07) is 84.4. The Bertz CT molecular complexity index is 3420. The molecule has 12 rings (SSSR count). The van der Waals surface area contributed by atoms with Gasteiger partial charge in [-0.3, -0.25) is 0 Å². The van der Waals surface area contributed by atoms with E-state index in [0.717, 1.165) is 45.3 Å². The molecule has 10 aromatic carbocycles. The highest BCUT2D eigenvalue weighted by molar-refractivity contribution is 6.14. The molecular formula is C60H43N5. The van der Waals surface area contributed by atoms with E-state index >= 15 is 0 Å². The molecule has 2 heterocycles. The minimum atomic E-state index is -0.245. The summed E-state index contributed by atoms with van der Waals surface area (Å²) in [7, 11) is 0. The number of anilines is 3. The van der Waals surface area contributed by atoms with Gasteiger partial charge >= 0.3 is 0 Å². The van der Waals surface area contributed by atoms with Crippen LogP contribution in [0.5, 0.6) is 0 Å². The van der Waals surface area contributed by atoms with Crippen LogP contribution in [0.4, 0.5) is 17.1 Å². The van der Waals surface area contributed by atoms with Gasteiger partial charge in [-0.15, -0.1) is 0 Å². The van der Waals surface area contributed by atoms with Gasteiger partial charge in [0, 0.05) is 16.8 Å². The topological polar surface area (TPSA) is 52.0 Å². The van der Waals surface area contributed by atoms with E-state index in [1.807, 2.05) is 24.3 Å². The van der Waals surface area contributed by atoms with Crippen molar-refractivity contribution in [2.24, 2.45) is 9.98 Å². The van der Waals surface area contributed by atoms with Crippen molar-refractivity contribution in [3.05, 3.63) is 259 Å². The predicted octanol–water partition coefficient (Wildman–Crippen LogP) is 14.8. The number of hydrogen-bond acceptors (Lipinski definition) is 5. The standard InChI is InChI=1S/C60H43N5/c1-4-16-42(17-5-1)57-62-58(43-18-6-2-7-19-43)64-59(63-57)44-32-28-40(29-33-44)47-36-38-53(51-24-12-10-22-49(47)51)54-39-37-48(50-23-11-13-25-52(50)54)41-30-34-45(35-31-41)60-61-55-26-14-15-27-56(55)65(60)46-20-8-3-9-21-46/h1-39,57,60-61H,(H,62,63,64). The Kier molecular flexibility index (Phi) is 9.57. The number of benzene rings is 10. The van der Waals surface area contributed by atoms with Gasteiger partial charge < -0.3 is 15.5 Å². The number of rotatable bonds is 8. The van der Waals surface area contributed by atoms with Crippen LogP contribution in [0.1, 0.15) is 34.6 Å². The maximum Gasteiger partial charge on any atom is 0.159 e. The quantitative estimate of drug-likeness (QED) is 0.160. The maximum absolute atomic E-state index is 5.04. The summed E-state index contributed by atoms with van der Waals surface area (Å²) in [6.45, 7) is 0. The van der Waals surface area contributed by atoms with E-state index in [1.54, 1.807) is 0 Å². The summed E-state index contributed by atoms with van der Waals surface area (Å²) in [5.74, 6) is 1.52. The van der Waals surface area contributed by atoms with Crippen molar-refractivity contribution in [2.75, 3.05) is 10.2 Å². The Hall–Kier alpha value is -8.54. The van der Waals surface area contributed by atoms with Gasteiger partial charge in [0.25, 0.3) is 0 Å². The first-order valence-electron chi connectivity index (χ1n) is 22.2. The smallest absolute Gasteiger partial charge is 0.159 e. The normalized spacial score (nSPS) is 15.5. The Morgan fingerprint density at radius 2 is 0.831 bits per heavy atom. The maximum atomic E-state index is 5.04. The zero-order valence-corrected chi connectivity index (χ0v) is 35.5. The number of aliphatic imine (C=N–C) groups is 2. The molecule has 5 nitrogen and oxygen atoms in total. The summed E-state index contributed by atoms with van der Waals surface area (Å²) in [6.07, 6.45) is -0.262. The summed E-state index contributed by atoms with van der Waals surface area (Å²) >= 11 is 0. The number of para-hydroxylation sites is 3. The molecule has 2 aliphatic heterocycles. The molecule has 0 aromatic heterocycles. The number of amidine groups is 2. The van der Waals surface area contributed by atoms with E-state index in [4.69, 9.17) is 9.98 Å². The number of nitrogens with one attached hydrogen (secondary N) is 2. The van der Waals surface area contributed by atoms with Crippen LogP contribution in [-0.2, 0) is 0 Å². The van der Waals surface area contributed by atoms with Crippen LogP contribution in [0.25, 0.3) is 54.9 Å². The molecule has 2 N–H and O–H groups in total. The van der Waals surface area contributed by atoms with Crippen LogP contribution >= 0.6 is 0 Å². The number of nitrogens with zero attached hydrogens (tertiary/aromatic N) is 3. The molecule has 0 bridgehead atoms. The van der Waals surface area contributed by atoms with Gasteiger partial charge in [0.2, 0.25) is 0 Å². The van der Waals surface area contributed by atoms with Gasteiger partial charge in [0.15, 0.2) is 5.84 Å². The second-order valence-corrected chi connectivity index (χ2v) is 16.6. The van der Waals surface area contributed by atoms with Gasteiger partial charge in [-0.2, -0.15) is 0 Å². The minimum absolute atomic E-state index is 0.0174. The molecule has 2 aliphatic rings. The second kappa shape index (κ2) is 16.3. The number of hydrogen-bond donors (Lipinski definition) is 2. The zero-order valence-electron chi connectivity index (χ0n) is 35.5. The van der Waals surface area contributed by atoms with E-state index in [1.165, 1.54) is 60.6 Å². The molecule has 308 valence electrons. The first-order chi connectivity index (χ1) is 32.2. The highest BCUT2D eigenvalue weighted by Gasteiger charge is 2.31. The molecular weight excluding hydrogens is 791 g/mol. The third-order valence-corrected chi connectivity index (χ3v) is 12.8. The zero-order chi connectivity index (χ0) is 43.1. The van der Waals surface area contributed by atoms with E-state index in [0.29, 0.717) is 0 Å². The Balaban J connectivity index is 0.862. The fraction of sp³-hybridized carbons (Fsp3) is 0.0333. The van der Waals surface area contributed by atoms with E-state index < -0.39 is 0 Å². The van der Waals surface area contributed by atoms with Gasteiger partial charge in [-0.1, -0.05) is 212 Å². The van der Waals surface area contributed by atoms with Gasteiger partial charge in [-0.05, 0) is 90.3 Å². The fourth-order valence-corrected chi connectivity index (χ4v) is 9.61. The molecule has 0 spiro atoms. The average molecular weight is 834 g/mol. The lowest BCUT2D eigenvalue weighted by atomic mass is 9.88. The summed E-state index contributed by atoms with van der Waals surface area (Å²) < 4.78 is 0. The van der Waals surface area contributed by atoms with Crippen molar-refractivity contribution >= 4 is 50.3 Å². The molecule has 0 radical (unpaired) electrons. The number of fused-ring (bicyclic) bond motifs is 3. The first-order valence-corrected chi connectivity index (χ1v) is 22.2. The van der Waals surface area contributed by atoms with E-state index in [9.17, 15) is 0 Å². The van der Waals surface area contributed by atoms with Crippen LogP contribution < -0.4 is 15.5 Å². The molecule has 0 saturated heterocycles. The molecule has 0 saturated carbocycles. The van der Waals surface area contributed by atoms with Crippen LogP contribution in [0, 0.1) is 0 Å². The molecule has 0 amide bonds. The Labute approximate surface area is 378 Å². The van der Waals surface area contributed by atoms with Crippen molar-refractivity contribution in [2.45, 2.75) is 12.3 Å². The SMILES string of the molecule is c1ccc(C2=NC(c3ccccc3)NC(c3ccc(-c4ccc(-c5ccc(-c6ccc(C7Nc8ccccc8N7c7ccccc7)cc6)c6ccccc56)c5ccccc45)cc3)=N2)cc1. The monoisotopic (exact) mass is 833 g/mol. The summed E-state index contributed by atoms with van der Waals surface area (Å²) in [5, 5.41) is 12.3. The van der Waals surface area contributed by atoms with Gasteiger partial charge in [0.05, 0.1) is 11.4 Å². The molecule has 0 fully saturated rings. The van der Waals surface area contributed by atoms with Gasteiger partial charge in [0.1, 0.15) is 18.2 Å². The van der Waals surface area contributed by atoms with Crippen LogP contribution in [-0.4, -0.2) is 11.7 Å². The third-order valence-electron chi connectivity index (χ3n) is 12.8. The second-order valence-electron chi connectivity index (χ2n) is 16.6. The van der Waals surface area contributed by atoms with Crippen molar-refractivity contribution < 1.29 is 0 Å². The van der Waals surface area contributed by atoms with Crippen molar-refractivity contribution in [3.8, 4) is 33.4 Å². The lowest BCUT2D eigenvalue weighted by Crippen LogP contribution is -2.33. The molecule has 5 heteroatoms. The van der Waals surface area contributed by atoms with Crippen molar-refractivity contribution in [3.63, 3.8) is 0 Å². The van der Waals surface area contributed by atoms with Crippen LogP contribution in [0.15, 0.2) is 247 Å². The molecule has 2 unspecified atom stereocenters. The van der Waals surface area contributed by atoms with Crippen LogP contribution in [0.2, 0.25) is 0 Å². The minimum Gasteiger partial charge on any atom is -0.359 e. The third kappa shape index (κ3) is 7.00. The molecule has 65 heavy (non-hydrogen) atoms. The van der Waals surface area contributed by atoms with E-state index in [2.05, 4.69) is 228 Å². The van der Waals surface area contributed by atoms with Crippen molar-refractivity contribution in [1.82, 2.24) is 5.32 Å². The predicted molar refractivity (Wildman–Crippen MR) is 271 cm³/mol. The van der Waals surface area contributed by atoms with Crippen LogP contribution in [0.3, 0.4) is 0 Å². The first kappa shape index (κ1) is 38.2. The lowest BCUT2D eigenvalue weighted by molar-refractivity contribution is 0.674. The fourth-order valence-electron chi connectivity index (χ4n) is 9.61. The summed E-state index contributed by atoms with van der Waals surface area (Å²) in [5.41, 5.74) is 15.0. The Morgan fingerprint density at radius 1 is 0.354 bits per heavy atom. The van der Waals surface area contributed by atoms with Crippen molar-refractivity contribution in [1.29, 1.82) is 0 Å². The van der Waals surface area contributed by atoms with Gasteiger partial charge in [-0.25, -0.2) is 9.98 Å². The highest BCUT2D eigenvalue weighted by atomic mass is 15.3. The molecule has 0 aliphatic carbocycles. The van der Waals surface area contributed by atoms with E-state index in [-0.39, 0.29) is 12.3 Å². The lowest BCUT2D eigenvalue weighted by Gasteiger charge is -2.27. The Morgan fingerprint density at radius 3 is 1.45 bits per heavy atom. The average Bonchev–Trinajstić information content (AvgIpc) is 3.79. The highest BCUT2D eigenvalue weighted by Crippen LogP contribution is 2.46. The largest absolute Gasteiger partial charge is 0.359 e.